The number of hydrogen-bond donors (Lipinski definition) is 2. The van der Waals surface area contributed by atoms with E-state index in [0.717, 1.165) is 23.2 Å². The zero-order chi connectivity index (χ0) is 14.3. The molecule has 0 spiro atoms. The molecule has 116 valence electrons. The van der Waals surface area contributed by atoms with Crippen molar-refractivity contribution >= 4 is 41.3 Å². The molecule has 0 aromatic carbocycles. The maximum Gasteiger partial charge on any atom is 0.191 e. The summed E-state index contributed by atoms with van der Waals surface area (Å²) in [6.45, 7) is 10.3. The predicted molar refractivity (Wildman–Crippen MR) is 96.3 cm³/mol. The molecule has 1 unspecified atom stereocenters. The van der Waals surface area contributed by atoms with Gasteiger partial charge in [0, 0.05) is 24.6 Å². The van der Waals surface area contributed by atoms with Gasteiger partial charge in [-0.2, -0.15) is 0 Å². The predicted octanol–water partition coefficient (Wildman–Crippen LogP) is 2.47. The number of thiazole rings is 1. The molecular formula is C13H25IN4OS. The lowest BCUT2D eigenvalue weighted by Crippen LogP contribution is -2.43. The Morgan fingerprint density at radius 2 is 2.15 bits per heavy atom. The van der Waals surface area contributed by atoms with Crippen LogP contribution in [0.25, 0.3) is 0 Å². The lowest BCUT2D eigenvalue weighted by atomic mass is 10.4. The van der Waals surface area contributed by atoms with Gasteiger partial charge in [0.15, 0.2) is 5.96 Å². The summed E-state index contributed by atoms with van der Waals surface area (Å²) in [6.07, 6.45) is 0. The van der Waals surface area contributed by atoms with E-state index in [0.29, 0.717) is 13.2 Å². The molecule has 0 saturated carbocycles. The van der Waals surface area contributed by atoms with Crippen LogP contribution in [0.3, 0.4) is 0 Å². The van der Waals surface area contributed by atoms with Gasteiger partial charge in [-0.3, -0.25) is 0 Å². The number of ether oxygens (including phenoxy) is 1. The third kappa shape index (κ3) is 6.85. The summed E-state index contributed by atoms with van der Waals surface area (Å²) >= 11 is 1.71. The van der Waals surface area contributed by atoms with Crippen molar-refractivity contribution in [3.05, 3.63) is 15.6 Å². The second-order valence-electron chi connectivity index (χ2n) is 4.45. The van der Waals surface area contributed by atoms with Crippen LogP contribution < -0.4 is 10.6 Å². The third-order valence-corrected chi connectivity index (χ3v) is 3.65. The molecule has 1 aromatic heterocycles. The molecule has 0 aliphatic carbocycles. The second kappa shape index (κ2) is 10.3. The Labute approximate surface area is 142 Å². The van der Waals surface area contributed by atoms with Crippen molar-refractivity contribution < 1.29 is 4.74 Å². The van der Waals surface area contributed by atoms with Gasteiger partial charge in [0.1, 0.15) is 5.01 Å². The van der Waals surface area contributed by atoms with Crippen molar-refractivity contribution in [3.8, 4) is 0 Å². The Kier molecular flexibility index (Phi) is 10.1. The first-order valence-electron chi connectivity index (χ1n) is 6.53. The molecule has 0 fully saturated rings. The highest BCUT2D eigenvalue weighted by molar-refractivity contribution is 14.0. The van der Waals surface area contributed by atoms with Gasteiger partial charge >= 0.3 is 0 Å². The topological polar surface area (TPSA) is 58.5 Å². The summed E-state index contributed by atoms with van der Waals surface area (Å²) in [5.74, 6) is 0.803. The van der Waals surface area contributed by atoms with E-state index in [2.05, 4.69) is 41.4 Å². The molecule has 0 aliphatic heterocycles. The Balaban J connectivity index is 0.00000361. The van der Waals surface area contributed by atoms with Gasteiger partial charge in [-0.05, 0) is 27.7 Å². The molecule has 1 atom stereocenters. The summed E-state index contributed by atoms with van der Waals surface area (Å²) in [6, 6.07) is 0.225. The number of hydrogen-bond acceptors (Lipinski definition) is 4. The average molecular weight is 412 g/mol. The van der Waals surface area contributed by atoms with E-state index >= 15 is 0 Å². The molecule has 0 bridgehead atoms. The number of aryl methyl sites for hydroxylation is 2. The summed E-state index contributed by atoms with van der Waals surface area (Å²) in [5.41, 5.74) is 1.10. The number of rotatable bonds is 6. The number of nitrogens with one attached hydrogen (secondary N) is 2. The standard InChI is InChI=1S/C13H24N4OS.HI/c1-6-14-13(16-9(2)8-18-5)15-7-12-17-10(3)11(4)19-12;/h9H,6-8H2,1-5H3,(H2,14,15,16);1H. The van der Waals surface area contributed by atoms with Crippen molar-refractivity contribution in [1.29, 1.82) is 0 Å². The van der Waals surface area contributed by atoms with Gasteiger partial charge in [-0.15, -0.1) is 35.3 Å². The maximum atomic E-state index is 5.11. The summed E-state index contributed by atoms with van der Waals surface area (Å²) in [5, 5.41) is 7.57. The molecular weight excluding hydrogens is 387 g/mol. The number of nitrogens with zero attached hydrogens (tertiary/aromatic N) is 2. The second-order valence-corrected chi connectivity index (χ2v) is 5.73. The van der Waals surface area contributed by atoms with Gasteiger partial charge in [-0.25, -0.2) is 9.98 Å². The molecule has 5 nitrogen and oxygen atoms in total. The van der Waals surface area contributed by atoms with Gasteiger partial charge in [-0.1, -0.05) is 0 Å². The van der Waals surface area contributed by atoms with E-state index in [9.17, 15) is 0 Å². The SMILES string of the molecule is CCNC(=NCc1nc(C)c(C)s1)NC(C)COC.I. The van der Waals surface area contributed by atoms with Crippen molar-refractivity contribution in [3.63, 3.8) is 0 Å². The minimum absolute atomic E-state index is 0. The average Bonchev–Trinajstić information content (AvgIpc) is 2.66. The maximum absolute atomic E-state index is 5.11. The van der Waals surface area contributed by atoms with Crippen LogP contribution in [0.1, 0.15) is 29.4 Å². The van der Waals surface area contributed by atoms with Gasteiger partial charge in [0.2, 0.25) is 0 Å². The first-order valence-corrected chi connectivity index (χ1v) is 7.35. The van der Waals surface area contributed by atoms with E-state index in [-0.39, 0.29) is 30.0 Å². The highest BCUT2D eigenvalue weighted by Gasteiger charge is 2.06. The number of aliphatic imine (C=N–C) groups is 1. The Morgan fingerprint density at radius 1 is 1.45 bits per heavy atom. The molecule has 0 radical (unpaired) electrons. The summed E-state index contributed by atoms with van der Waals surface area (Å²) in [7, 11) is 1.70. The normalized spacial score (nSPS) is 12.8. The minimum Gasteiger partial charge on any atom is -0.383 e. The van der Waals surface area contributed by atoms with Crippen molar-refractivity contribution in [2.24, 2.45) is 4.99 Å². The molecule has 1 aromatic rings. The van der Waals surface area contributed by atoms with Crippen LogP contribution in [0, 0.1) is 13.8 Å². The van der Waals surface area contributed by atoms with E-state index in [1.165, 1.54) is 4.88 Å². The molecule has 0 amide bonds. The quantitative estimate of drug-likeness (QED) is 0.428. The molecule has 0 saturated heterocycles. The minimum atomic E-state index is 0. The third-order valence-electron chi connectivity index (χ3n) is 2.59. The molecule has 1 rings (SSSR count). The van der Waals surface area contributed by atoms with Crippen LogP contribution in [0.4, 0.5) is 0 Å². The van der Waals surface area contributed by atoms with E-state index in [1.807, 2.05) is 6.92 Å². The number of halogens is 1. The highest BCUT2D eigenvalue weighted by atomic mass is 127. The van der Waals surface area contributed by atoms with E-state index < -0.39 is 0 Å². The first-order chi connectivity index (χ1) is 9.06. The Bertz CT molecular complexity index is 403. The Morgan fingerprint density at radius 3 is 2.65 bits per heavy atom. The van der Waals surface area contributed by atoms with Crippen LogP contribution in [0.15, 0.2) is 4.99 Å². The number of aromatic nitrogens is 1. The first kappa shape index (κ1) is 19.6. The van der Waals surface area contributed by atoms with Crippen LogP contribution in [0.2, 0.25) is 0 Å². The number of methoxy groups -OCH3 is 1. The summed E-state index contributed by atoms with van der Waals surface area (Å²) < 4.78 is 5.11. The summed E-state index contributed by atoms with van der Waals surface area (Å²) in [4.78, 5) is 10.3. The fourth-order valence-corrected chi connectivity index (χ4v) is 2.46. The fourth-order valence-electron chi connectivity index (χ4n) is 1.60. The van der Waals surface area contributed by atoms with Crippen LogP contribution in [0.5, 0.6) is 0 Å². The van der Waals surface area contributed by atoms with Gasteiger partial charge < -0.3 is 15.4 Å². The molecule has 2 N–H and O–H groups in total. The smallest absolute Gasteiger partial charge is 0.191 e. The van der Waals surface area contributed by atoms with Crippen LogP contribution in [-0.2, 0) is 11.3 Å². The molecule has 7 heteroatoms. The molecule has 0 aliphatic rings. The van der Waals surface area contributed by atoms with E-state index in [1.54, 1.807) is 18.4 Å². The van der Waals surface area contributed by atoms with Crippen molar-refractivity contribution in [2.45, 2.75) is 40.3 Å². The van der Waals surface area contributed by atoms with Gasteiger partial charge in [0.25, 0.3) is 0 Å². The monoisotopic (exact) mass is 412 g/mol. The molecule has 1 heterocycles. The zero-order valence-corrected chi connectivity index (χ0v) is 16.0. The van der Waals surface area contributed by atoms with Crippen LogP contribution >= 0.6 is 35.3 Å². The van der Waals surface area contributed by atoms with E-state index in [4.69, 9.17) is 4.74 Å². The molecule has 20 heavy (non-hydrogen) atoms. The lowest BCUT2D eigenvalue weighted by Gasteiger charge is -2.16. The highest BCUT2D eigenvalue weighted by Crippen LogP contribution is 2.16. The largest absolute Gasteiger partial charge is 0.383 e. The van der Waals surface area contributed by atoms with Crippen LogP contribution in [-0.4, -0.2) is 37.2 Å². The zero-order valence-electron chi connectivity index (χ0n) is 12.8. The number of guanidine groups is 1. The Hall–Kier alpha value is -0.410. The fraction of sp³-hybridized carbons (Fsp3) is 0.692. The van der Waals surface area contributed by atoms with Crippen molar-refractivity contribution in [1.82, 2.24) is 15.6 Å². The van der Waals surface area contributed by atoms with Gasteiger partial charge in [0.05, 0.1) is 18.8 Å². The van der Waals surface area contributed by atoms with Crippen molar-refractivity contribution in [2.75, 3.05) is 20.3 Å². The lowest BCUT2D eigenvalue weighted by molar-refractivity contribution is 0.179.